The summed E-state index contributed by atoms with van der Waals surface area (Å²) in [6.07, 6.45) is 2.44. The smallest absolute Gasteiger partial charge is 0.239 e. The van der Waals surface area contributed by atoms with Gasteiger partial charge in [-0.3, -0.25) is 9.69 Å². The fourth-order valence-electron chi connectivity index (χ4n) is 3.28. The minimum absolute atomic E-state index is 0.0490. The van der Waals surface area contributed by atoms with Crippen LogP contribution < -0.4 is 10.6 Å². The van der Waals surface area contributed by atoms with E-state index in [9.17, 15) is 4.79 Å². The molecule has 0 bridgehead atoms. The minimum Gasteiger partial charge on any atom is -0.375 e. The van der Waals surface area contributed by atoms with Crippen LogP contribution in [0, 0.1) is 0 Å². The number of ether oxygens (including phenoxy) is 1. The molecule has 2 aliphatic rings. The summed E-state index contributed by atoms with van der Waals surface area (Å²) in [5.74, 6) is 0.0490. The van der Waals surface area contributed by atoms with E-state index in [2.05, 4.69) is 33.0 Å². The molecule has 22 heavy (non-hydrogen) atoms. The lowest BCUT2D eigenvalue weighted by atomic mass is 10.1. The number of carbonyl (C=O) groups excluding carboxylic acids is 1. The van der Waals surface area contributed by atoms with Gasteiger partial charge < -0.3 is 15.4 Å². The van der Waals surface area contributed by atoms with Crippen molar-refractivity contribution in [2.45, 2.75) is 38.0 Å². The Morgan fingerprint density at radius 1 is 1.55 bits per heavy atom. The Labute approximate surface area is 136 Å². The molecule has 0 saturated carbocycles. The van der Waals surface area contributed by atoms with E-state index in [0.717, 1.165) is 19.6 Å². The molecule has 3 atom stereocenters. The average Bonchev–Trinajstić information content (AvgIpc) is 3.21. The van der Waals surface area contributed by atoms with Crippen LogP contribution in [0.15, 0.2) is 17.5 Å². The van der Waals surface area contributed by atoms with E-state index in [1.165, 1.54) is 17.7 Å². The van der Waals surface area contributed by atoms with E-state index in [0.29, 0.717) is 19.2 Å². The Balaban J connectivity index is 1.60. The molecule has 0 aliphatic carbocycles. The fourth-order valence-corrected chi connectivity index (χ4v) is 4.14. The molecule has 3 heterocycles. The van der Waals surface area contributed by atoms with Crippen LogP contribution in [0.3, 0.4) is 0 Å². The summed E-state index contributed by atoms with van der Waals surface area (Å²) in [6.45, 7) is 6.29. The largest absolute Gasteiger partial charge is 0.375 e. The molecule has 2 aliphatic heterocycles. The van der Waals surface area contributed by atoms with E-state index in [1.807, 2.05) is 6.92 Å². The summed E-state index contributed by atoms with van der Waals surface area (Å²) in [5, 5.41) is 8.49. The molecule has 6 heteroatoms. The normalized spacial score (nSPS) is 27.7. The summed E-state index contributed by atoms with van der Waals surface area (Å²) in [6, 6.07) is 4.32. The molecular weight excluding hydrogens is 298 g/mol. The second-order valence-corrected chi connectivity index (χ2v) is 7.01. The van der Waals surface area contributed by atoms with Gasteiger partial charge in [-0.2, -0.15) is 0 Å². The van der Waals surface area contributed by atoms with Gasteiger partial charge in [0, 0.05) is 18.0 Å². The lowest BCUT2D eigenvalue weighted by molar-refractivity contribution is -0.129. The molecule has 122 valence electrons. The predicted molar refractivity (Wildman–Crippen MR) is 88.1 cm³/mol. The van der Waals surface area contributed by atoms with Gasteiger partial charge in [-0.05, 0) is 44.3 Å². The highest BCUT2D eigenvalue weighted by molar-refractivity contribution is 7.10. The quantitative estimate of drug-likeness (QED) is 0.859. The van der Waals surface area contributed by atoms with Crippen LogP contribution >= 0.6 is 11.3 Å². The second kappa shape index (κ2) is 7.55. The van der Waals surface area contributed by atoms with Gasteiger partial charge >= 0.3 is 0 Å². The SMILES string of the molecule is C[C@H]1OCCN[C@@H]1C(=O)NCC(c1cccs1)N1CCCC1. The van der Waals surface area contributed by atoms with Crippen molar-refractivity contribution in [1.29, 1.82) is 0 Å². The Morgan fingerprint density at radius 2 is 2.36 bits per heavy atom. The van der Waals surface area contributed by atoms with E-state index >= 15 is 0 Å². The van der Waals surface area contributed by atoms with Crippen LogP contribution in [0.4, 0.5) is 0 Å². The van der Waals surface area contributed by atoms with Crippen molar-refractivity contribution in [3.05, 3.63) is 22.4 Å². The summed E-state index contributed by atoms with van der Waals surface area (Å²) < 4.78 is 5.56. The Kier molecular flexibility index (Phi) is 5.46. The van der Waals surface area contributed by atoms with Gasteiger partial charge in [0.2, 0.25) is 5.91 Å². The number of nitrogens with zero attached hydrogens (tertiary/aromatic N) is 1. The molecule has 5 nitrogen and oxygen atoms in total. The molecule has 0 aromatic carbocycles. The number of rotatable bonds is 5. The zero-order valence-electron chi connectivity index (χ0n) is 13.1. The number of hydrogen-bond acceptors (Lipinski definition) is 5. The molecule has 2 fully saturated rings. The molecule has 1 amide bonds. The third-order valence-corrected chi connectivity index (χ3v) is 5.50. The summed E-state index contributed by atoms with van der Waals surface area (Å²) >= 11 is 1.77. The third-order valence-electron chi connectivity index (χ3n) is 4.52. The van der Waals surface area contributed by atoms with Crippen LogP contribution in [-0.4, -0.2) is 55.7 Å². The molecule has 0 spiro atoms. The number of nitrogens with one attached hydrogen (secondary N) is 2. The zero-order chi connectivity index (χ0) is 15.4. The Hall–Kier alpha value is -0.950. The Bertz CT molecular complexity index is 474. The van der Waals surface area contributed by atoms with E-state index in [-0.39, 0.29) is 18.1 Å². The van der Waals surface area contributed by atoms with Crippen molar-refractivity contribution in [1.82, 2.24) is 15.5 Å². The highest BCUT2D eigenvalue weighted by Gasteiger charge is 2.30. The molecular formula is C16H25N3O2S. The standard InChI is InChI=1S/C16H25N3O2S/c1-12-15(17-6-9-21-12)16(20)18-11-13(14-5-4-10-22-14)19-7-2-3-8-19/h4-5,10,12-13,15,17H,2-3,6-9,11H2,1H3,(H,18,20)/t12-,13?,15+/m1/s1. The fraction of sp³-hybridized carbons (Fsp3) is 0.688. The zero-order valence-corrected chi connectivity index (χ0v) is 13.9. The number of carbonyl (C=O) groups is 1. The van der Waals surface area contributed by atoms with Crippen molar-refractivity contribution in [3.63, 3.8) is 0 Å². The summed E-state index contributed by atoms with van der Waals surface area (Å²) in [5.41, 5.74) is 0. The topological polar surface area (TPSA) is 53.6 Å². The van der Waals surface area contributed by atoms with Crippen molar-refractivity contribution in [2.24, 2.45) is 0 Å². The first-order valence-electron chi connectivity index (χ1n) is 8.16. The molecule has 1 aromatic heterocycles. The summed E-state index contributed by atoms with van der Waals surface area (Å²) in [7, 11) is 0. The van der Waals surface area contributed by atoms with Crippen molar-refractivity contribution in [2.75, 3.05) is 32.8 Å². The number of hydrogen-bond donors (Lipinski definition) is 2. The van der Waals surface area contributed by atoms with Crippen molar-refractivity contribution in [3.8, 4) is 0 Å². The van der Waals surface area contributed by atoms with Gasteiger partial charge in [0.1, 0.15) is 6.04 Å². The first-order valence-corrected chi connectivity index (χ1v) is 9.04. The maximum atomic E-state index is 12.4. The molecule has 1 aromatic rings. The van der Waals surface area contributed by atoms with Crippen molar-refractivity contribution >= 4 is 17.2 Å². The van der Waals surface area contributed by atoms with Crippen LogP contribution in [0.1, 0.15) is 30.7 Å². The van der Waals surface area contributed by atoms with Gasteiger partial charge in [-0.1, -0.05) is 6.07 Å². The van der Waals surface area contributed by atoms with E-state index in [4.69, 9.17) is 4.74 Å². The highest BCUT2D eigenvalue weighted by atomic mass is 32.1. The predicted octanol–water partition coefficient (Wildman–Crippen LogP) is 1.38. The monoisotopic (exact) mass is 323 g/mol. The first kappa shape index (κ1) is 15.9. The van der Waals surface area contributed by atoms with Gasteiger partial charge in [0.25, 0.3) is 0 Å². The Morgan fingerprint density at radius 3 is 3.05 bits per heavy atom. The summed E-state index contributed by atoms with van der Waals surface area (Å²) in [4.78, 5) is 16.3. The molecule has 2 saturated heterocycles. The van der Waals surface area contributed by atoms with Gasteiger partial charge in [-0.25, -0.2) is 0 Å². The molecule has 2 N–H and O–H groups in total. The lowest BCUT2D eigenvalue weighted by Crippen LogP contribution is -2.56. The van der Waals surface area contributed by atoms with Crippen molar-refractivity contribution < 1.29 is 9.53 Å². The van der Waals surface area contributed by atoms with E-state index in [1.54, 1.807) is 11.3 Å². The third kappa shape index (κ3) is 3.68. The number of amides is 1. The first-order chi connectivity index (χ1) is 10.8. The number of thiophene rings is 1. The van der Waals surface area contributed by atoms with Gasteiger partial charge in [0.05, 0.1) is 18.8 Å². The van der Waals surface area contributed by atoms with Crippen LogP contribution in [0.5, 0.6) is 0 Å². The second-order valence-electron chi connectivity index (χ2n) is 6.03. The molecule has 3 rings (SSSR count). The van der Waals surface area contributed by atoms with Gasteiger partial charge in [0.15, 0.2) is 0 Å². The average molecular weight is 323 g/mol. The van der Waals surface area contributed by atoms with Gasteiger partial charge in [-0.15, -0.1) is 11.3 Å². The van der Waals surface area contributed by atoms with Crippen LogP contribution in [0.2, 0.25) is 0 Å². The molecule has 1 unspecified atom stereocenters. The van der Waals surface area contributed by atoms with Crippen LogP contribution in [0.25, 0.3) is 0 Å². The maximum Gasteiger partial charge on any atom is 0.239 e. The van der Waals surface area contributed by atoms with E-state index < -0.39 is 0 Å². The molecule has 0 radical (unpaired) electrons. The number of morpholine rings is 1. The number of likely N-dealkylation sites (tertiary alicyclic amines) is 1. The minimum atomic E-state index is -0.240. The maximum absolute atomic E-state index is 12.4. The highest BCUT2D eigenvalue weighted by Crippen LogP contribution is 2.27. The lowest BCUT2D eigenvalue weighted by Gasteiger charge is -2.31. The van der Waals surface area contributed by atoms with Crippen LogP contribution in [-0.2, 0) is 9.53 Å².